The van der Waals surface area contributed by atoms with Crippen molar-refractivity contribution in [3.8, 4) is 0 Å². The first-order chi connectivity index (χ1) is 7.68. The lowest BCUT2D eigenvalue weighted by Gasteiger charge is -2.34. The van der Waals surface area contributed by atoms with Crippen LogP contribution in [-0.4, -0.2) is 18.0 Å². The van der Waals surface area contributed by atoms with Crippen molar-refractivity contribution in [3.63, 3.8) is 0 Å². The van der Waals surface area contributed by atoms with E-state index in [9.17, 15) is 4.79 Å². The number of amides is 1. The Labute approximate surface area is 98.2 Å². The van der Waals surface area contributed by atoms with Crippen LogP contribution in [0, 0.1) is 11.8 Å². The number of carbonyl (C=O) groups excluding carboxylic acids is 1. The molecule has 2 aliphatic rings. The summed E-state index contributed by atoms with van der Waals surface area (Å²) in [5, 5.41) is 3.16. The van der Waals surface area contributed by atoms with Gasteiger partial charge in [-0.3, -0.25) is 4.79 Å². The van der Waals surface area contributed by atoms with Crippen LogP contribution in [0.2, 0.25) is 0 Å². The molecule has 0 aromatic rings. The molecule has 2 fully saturated rings. The standard InChI is InChI=1S/C13H24N2O/c1-9(10-5-4-6-10)15-13(16)11-7-2-3-8-12(11)14/h9-12H,2-8,14H2,1H3,(H,15,16). The third-order valence-corrected chi connectivity index (χ3v) is 4.38. The lowest BCUT2D eigenvalue weighted by molar-refractivity contribution is -0.127. The van der Waals surface area contributed by atoms with Crippen molar-refractivity contribution in [2.45, 2.75) is 64.0 Å². The summed E-state index contributed by atoms with van der Waals surface area (Å²) in [6.45, 7) is 2.13. The predicted molar refractivity (Wildman–Crippen MR) is 64.9 cm³/mol. The highest BCUT2D eigenvalue weighted by molar-refractivity contribution is 5.79. The van der Waals surface area contributed by atoms with E-state index in [2.05, 4.69) is 12.2 Å². The quantitative estimate of drug-likeness (QED) is 0.768. The third-order valence-electron chi connectivity index (χ3n) is 4.38. The van der Waals surface area contributed by atoms with Gasteiger partial charge in [-0.25, -0.2) is 0 Å². The van der Waals surface area contributed by atoms with E-state index < -0.39 is 0 Å². The van der Waals surface area contributed by atoms with Crippen LogP contribution in [0.25, 0.3) is 0 Å². The molecule has 16 heavy (non-hydrogen) atoms. The maximum atomic E-state index is 12.1. The van der Waals surface area contributed by atoms with E-state index in [4.69, 9.17) is 5.73 Å². The zero-order valence-corrected chi connectivity index (χ0v) is 10.2. The Morgan fingerprint density at radius 2 is 1.88 bits per heavy atom. The molecule has 2 aliphatic carbocycles. The molecule has 0 bridgehead atoms. The summed E-state index contributed by atoms with van der Waals surface area (Å²) in [4.78, 5) is 12.1. The molecule has 3 unspecified atom stereocenters. The molecule has 3 atom stereocenters. The molecule has 0 saturated heterocycles. The summed E-state index contributed by atoms with van der Waals surface area (Å²) in [6.07, 6.45) is 8.21. The Balaban J connectivity index is 1.81. The first-order valence-corrected chi connectivity index (χ1v) is 6.74. The molecular formula is C13H24N2O. The number of nitrogens with two attached hydrogens (primary N) is 1. The summed E-state index contributed by atoms with van der Waals surface area (Å²) >= 11 is 0. The van der Waals surface area contributed by atoms with Gasteiger partial charge in [-0.2, -0.15) is 0 Å². The van der Waals surface area contributed by atoms with Gasteiger partial charge in [0.1, 0.15) is 0 Å². The van der Waals surface area contributed by atoms with Gasteiger partial charge in [0.15, 0.2) is 0 Å². The average molecular weight is 224 g/mol. The molecule has 2 rings (SSSR count). The summed E-state index contributed by atoms with van der Waals surface area (Å²) < 4.78 is 0. The Bertz CT molecular complexity index is 250. The molecule has 3 N–H and O–H groups in total. The van der Waals surface area contributed by atoms with Gasteiger partial charge in [0, 0.05) is 12.1 Å². The molecule has 0 heterocycles. The lowest BCUT2D eigenvalue weighted by atomic mass is 9.79. The predicted octanol–water partition coefficient (Wildman–Crippen LogP) is 1.81. The summed E-state index contributed by atoms with van der Waals surface area (Å²) in [7, 11) is 0. The lowest BCUT2D eigenvalue weighted by Crippen LogP contribution is -2.48. The number of rotatable bonds is 3. The van der Waals surface area contributed by atoms with Crippen LogP contribution in [0.1, 0.15) is 51.9 Å². The van der Waals surface area contributed by atoms with Crippen LogP contribution in [0.5, 0.6) is 0 Å². The van der Waals surface area contributed by atoms with Gasteiger partial charge >= 0.3 is 0 Å². The molecule has 0 aromatic heterocycles. The second-order valence-corrected chi connectivity index (χ2v) is 5.54. The van der Waals surface area contributed by atoms with Gasteiger partial charge in [-0.15, -0.1) is 0 Å². The van der Waals surface area contributed by atoms with Crippen molar-refractivity contribution in [2.24, 2.45) is 17.6 Å². The van der Waals surface area contributed by atoms with Gasteiger partial charge in [0.25, 0.3) is 0 Å². The Morgan fingerprint density at radius 1 is 1.19 bits per heavy atom. The Morgan fingerprint density at radius 3 is 2.44 bits per heavy atom. The highest BCUT2D eigenvalue weighted by atomic mass is 16.2. The number of hydrogen-bond acceptors (Lipinski definition) is 2. The fourth-order valence-corrected chi connectivity index (χ4v) is 2.87. The van der Waals surface area contributed by atoms with Gasteiger partial charge < -0.3 is 11.1 Å². The number of nitrogens with one attached hydrogen (secondary N) is 1. The van der Waals surface area contributed by atoms with Crippen LogP contribution >= 0.6 is 0 Å². The van der Waals surface area contributed by atoms with E-state index >= 15 is 0 Å². The third kappa shape index (κ3) is 2.57. The van der Waals surface area contributed by atoms with Gasteiger partial charge in [-0.05, 0) is 38.5 Å². The van der Waals surface area contributed by atoms with Crippen LogP contribution in [0.3, 0.4) is 0 Å². The second kappa shape index (κ2) is 5.17. The molecule has 3 nitrogen and oxygen atoms in total. The smallest absolute Gasteiger partial charge is 0.224 e. The van der Waals surface area contributed by atoms with E-state index in [1.54, 1.807) is 0 Å². The Kier molecular flexibility index (Phi) is 3.85. The van der Waals surface area contributed by atoms with Gasteiger partial charge in [-0.1, -0.05) is 19.3 Å². The van der Waals surface area contributed by atoms with Crippen LogP contribution in [-0.2, 0) is 4.79 Å². The minimum absolute atomic E-state index is 0.0660. The maximum Gasteiger partial charge on any atom is 0.224 e. The van der Waals surface area contributed by atoms with Crippen molar-refractivity contribution < 1.29 is 4.79 Å². The SMILES string of the molecule is CC(NC(=O)C1CCCCC1N)C1CCC1. The summed E-state index contributed by atoms with van der Waals surface area (Å²) in [6, 6.07) is 0.428. The number of hydrogen-bond donors (Lipinski definition) is 2. The number of carbonyl (C=O) groups is 1. The van der Waals surface area contributed by atoms with Crippen LogP contribution in [0.4, 0.5) is 0 Å². The van der Waals surface area contributed by atoms with Gasteiger partial charge in [0.05, 0.1) is 5.92 Å². The molecule has 0 radical (unpaired) electrons. The summed E-state index contributed by atoms with van der Waals surface area (Å²) in [5.74, 6) is 0.978. The zero-order chi connectivity index (χ0) is 11.5. The summed E-state index contributed by atoms with van der Waals surface area (Å²) in [5.41, 5.74) is 6.02. The van der Waals surface area contributed by atoms with E-state index in [1.165, 1.54) is 25.7 Å². The van der Waals surface area contributed by atoms with Crippen LogP contribution < -0.4 is 11.1 Å². The first-order valence-electron chi connectivity index (χ1n) is 6.74. The van der Waals surface area contributed by atoms with E-state index in [0.29, 0.717) is 12.0 Å². The van der Waals surface area contributed by atoms with Crippen molar-refractivity contribution in [1.29, 1.82) is 0 Å². The minimum Gasteiger partial charge on any atom is -0.353 e. The van der Waals surface area contributed by atoms with Crippen molar-refractivity contribution >= 4 is 5.91 Å². The van der Waals surface area contributed by atoms with Crippen molar-refractivity contribution in [3.05, 3.63) is 0 Å². The highest BCUT2D eigenvalue weighted by Gasteiger charge is 2.31. The zero-order valence-electron chi connectivity index (χ0n) is 10.2. The molecule has 92 valence electrons. The average Bonchev–Trinajstić information content (AvgIpc) is 2.15. The normalized spacial score (nSPS) is 32.9. The monoisotopic (exact) mass is 224 g/mol. The fourth-order valence-electron chi connectivity index (χ4n) is 2.87. The van der Waals surface area contributed by atoms with Gasteiger partial charge in [0.2, 0.25) is 5.91 Å². The molecule has 3 heteroatoms. The second-order valence-electron chi connectivity index (χ2n) is 5.54. The van der Waals surface area contributed by atoms with E-state index in [0.717, 1.165) is 19.3 Å². The molecular weight excluding hydrogens is 200 g/mol. The topological polar surface area (TPSA) is 55.1 Å². The first kappa shape index (κ1) is 11.9. The van der Waals surface area contributed by atoms with Crippen LogP contribution in [0.15, 0.2) is 0 Å². The Hall–Kier alpha value is -0.570. The fraction of sp³-hybridized carbons (Fsp3) is 0.923. The minimum atomic E-state index is 0.0660. The molecule has 2 saturated carbocycles. The molecule has 0 spiro atoms. The molecule has 0 aliphatic heterocycles. The van der Waals surface area contributed by atoms with E-state index in [-0.39, 0.29) is 17.9 Å². The largest absolute Gasteiger partial charge is 0.353 e. The molecule has 0 aromatic carbocycles. The maximum absolute atomic E-state index is 12.1. The van der Waals surface area contributed by atoms with Crippen molar-refractivity contribution in [2.75, 3.05) is 0 Å². The molecule has 1 amide bonds. The van der Waals surface area contributed by atoms with E-state index in [1.807, 2.05) is 0 Å². The highest BCUT2D eigenvalue weighted by Crippen LogP contribution is 2.30. The van der Waals surface area contributed by atoms with Crippen molar-refractivity contribution in [1.82, 2.24) is 5.32 Å².